The molecule has 1 heterocycles. The molecule has 142 valence electrons. The van der Waals surface area contributed by atoms with Crippen LogP contribution in [0, 0.1) is 0 Å². The highest BCUT2D eigenvalue weighted by atomic mass is 16.5. The summed E-state index contributed by atoms with van der Waals surface area (Å²) in [5.41, 5.74) is 3.91. The van der Waals surface area contributed by atoms with Crippen LogP contribution in [0.4, 0.5) is 5.69 Å². The Morgan fingerprint density at radius 3 is 2.46 bits per heavy atom. The SMILES string of the molecule is C/C=C\C(=C/C)c1ccc(NC(=O)COc2ccc(-n3cccn3)cc2)cc1. The number of hydrogen-bond donors (Lipinski definition) is 1. The summed E-state index contributed by atoms with van der Waals surface area (Å²) in [5, 5.41) is 7.02. The number of nitrogens with one attached hydrogen (secondary N) is 1. The number of benzene rings is 2. The van der Waals surface area contributed by atoms with Crippen LogP contribution in [0.2, 0.25) is 0 Å². The Morgan fingerprint density at radius 2 is 1.86 bits per heavy atom. The first kappa shape index (κ1) is 19.2. The van der Waals surface area contributed by atoms with Crippen molar-refractivity contribution in [1.29, 1.82) is 0 Å². The fraction of sp³-hybridized carbons (Fsp3) is 0.130. The molecule has 1 amide bonds. The van der Waals surface area contributed by atoms with Gasteiger partial charge in [-0.05, 0) is 67.4 Å². The number of carbonyl (C=O) groups excluding carboxylic acids is 1. The van der Waals surface area contributed by atoms with E-state index in [1.54, 1.807) is 10.9 Å². The van der Waals surface area contributed by atoms with Crippen LogP contribution in [-0.2, 0) is 4.79 Å². The van der Waals surface area contributed by atoms with E-state index in [-0.39, 0.29) is 12.5 Å². The maximum atomic E-state index is 12.1. The molecule has 0 radical (unpaired) electrons. The van der Waals surface area contributed by atoms with Gasteiger partial charge in [-0.25, -0.2) is 4.68 Å². The number of ether oxygens (including phenoxy) is 1. The second-order valence-corrected chi connectivity index (χ2v) is 6.10. The third-order valence-electron chi connectivity index (χ3n) is 4.13. The molecule has 0 unspecified atom stereocenters. The molecule has 3 aromatic rings. The van der Waals surface area contributed by atoms with E-state index < -0.39 is 0 Å². The van der Waals surface area contributed by atoms with Gasteiger partial charge in [0.2, 0.25) is 0 Å². The average molecular weight is 373 g/mol. The standard InChI is InChI=1S/C23H23N3O2/c1-3-6-18(4-2)19-7-9-20(10-8-19)25-23(27)17-28-22-13-11-21(12-14-22)26-16-5-15-24-26/h3-16H,17H2,1-2H3,(H,25,27)/b6-3-,18-4+. The summed E-state index contributed by atoms with van der Waals surface area (Å²) in [5.74, 6) is 0.425. The first-order chi connectivity index (χ1) is 13.7. The van der Waals surface area contributed by atoms with Gasteiger partial charge in [0.15, 0.2) is 6.61 Å². The summed E-state index contributed by atoms with van der Waals surface area (Å²) < 4.78 is 7.32. The van der Waals surface area contributed by atoms with E-state index in [4.69, 9.17) is 4.74 Å². The van der Waals surface area contributed by atoms with Gasteiger partial charge < -0.3 is 10.1 Å². The second kappa shape index (κ2) is 9.37. The molecule has 0 fully saturated rings. The van der Waals surface area contributed by atoms with Crippen LogP contribution in [-0.4, -0.2) is 22.3 Å². The first-order valence-electron chi connectivity index (χ1n) is 9.12. The smallest absolute Gasteiger partial charge is 0.262 e. The Kier molecular flexibility index (Phi) is 6.41. The molecule has 28 heavy (non-hydrogen) atoms. The molecule has 5 nitrogen and oxygen atoms in total. The van der Waals surface area contributed by atoms with Gasteiger partial charge in [0, 0.05) is 18.1 Å². The van der Waals surface area contributed by atoms with Crippen molar-refractivity contribution >= 4 is 17.2 Å². The van der Waals surface area contributed by atoms with Crippen molar-refractivity contribution in [2.24, 2.45) is 0 Å². The molecule has 1 aromatic heterocycles. The summed E-state index contributed by atoms with van der Waals surface area (Å²) in [6.07, 6.45) is 9.70. The van der Waals surface area contributed by atoms with Crippen LogP contribution in [0.5, 0.6) is 5.75 Å². The molecule has 2 aromatic carbocycles. The van der Waals surface area contributed by atoms with Gasteiger partial charge in [0.05, 0.1) is 5.69 Å². The number of anilines is 1. The lowest BCUT2D eigenvalue weighted by Crippen LogP contribution is -2.20. The Labute approximate surface area is 165 Å². The third-order valence-corrected chi connectivity index (χ3v) is 4.13. The summed E-state index contributed by atoms with van der Waals surface area (Å²) in [6.45, 7) is 3.94. The van der Waals surface area contributed by atoms with Crippen molar-refractivity contribution in [2.75, 3.05) is 11.9 Å². The predicted molar refractivity (Wildman–Crippen MR) is 113 cm³/mol. The van der Waals surface area contributed by atoms with Gasteiger partial charge in [-0.15, -0.1) is 0 Å². The number of allylic oxidation sites excluding steroid dienone is 4. The van der Waals surface area contributed by atoms with Crippen LogP contribution in [0.15, 0.2) is 85.2 Å². The van der Waals surface area contributed by atoms with Crippen LogP contribution >= 0.6 is 0 Å². The molecule has 5 heteroatoms. The normalized spacial score (nSPS) is 11.6. The van der Waals surface area contributed by atoms with Gasteiger partial charge in [0.1, 0.15) is 5.75 Å². The zero-order valence-corrected chi connectivity index (χ0v) is 16.0. The lowest BCUT2D eigenvalue weighted by Gasteiger charge is -2.09. The van der Waals surface area contributed by atoms with E-state index in [1.807, 2.05) is 80.7 Å². The molecular formula is C23H23N3O2. The van der Waals surface area contributed by atoms with Crippen LogP contribution in [0.25, 0.3) is 11.3 Å². The number of carbonyl (C=O) groups is 1. The molecule has 3 rings (SSSR count). The Bertz CT molecular complexity index is 954. The largest absolute Gasteiger partial charge is 0.484 e. The van der Waals surface area contributed by atoms with E-state index in [0.717, 1.165) is 22.5 Å². The molecule has 0 aliphatic carbocycles. The molecule has 1 N–H and O–H groups in total. The van der Waals surface area contributed by atoms with Crippen LogP contribution in [0.3, 0.4) is 0 Å². The zero-order chi connectivity index (χ0) is 19.8. The molecular weight excluding hydrogens is 350 g/mol. The summed E-state index contributed by atoms with van der Waals surface area (Å²) >= 11 is 0. The van der Waals surface area contributed by atoms with Gasteiger partial charge >= 0.3 is 0 Å². The van der Waals surface area contributed by atoms with E-state index >= 15 is 0 Å². The minimum atomic E-state index is -0.205. The Morgan fingerprint density at radius 1 is 1.11 bits per heavy atom. The third kappa shape index (κ3) is 4.98. The number of amides is 1. The fourth-order valence-electron chi connectivity index (χ4n) is 2.75. The zero-order valence-electron chi connectivity index (χ0n) is 16.0. The molecule has 0 spiro atoms. The molecule has 0 atom stereocenters. The number of aromatic nitrogens is 2. The first-order valence-corrected chi connectivity index (χ1v) is 9.12. The lowest BCUT2D eigenvalue weighted by molar-refractivity contribution is -0.118. The molecule has 0 bridgehead atoms. The maximum absolute atomic E-state index is 12.1. The van der Waals surface area contributed by atoms with E-state index in [0.29, 0.717) is 5.75 Å². The van der Waals surface area contributed by atoms with Crippen LogP contribution < -0.4 is 10.1 Å². The molecule has 0 aliphatic heterocycles. The van der Waals surface area contributed by atoms with Crippen molar-refractivity contribution < 1.29 is 9.53 Å². The van der Waals surface area contributed by atoms with Crippen molar-refractivity contribution in [1.82, 2.24) is 9.78 Å². The highest BCUT2D eigenvalue weighted by Crippen LogP contribution is 2.19. The van der Waals surface area contributed by atoms with Gasteiger partial charge in [-0.3, -0.25) is 4.79 Å². The number of hydrogen-bond acceptors (Lipinski definition) is 3. The van der Waals surface area contributed by atoms with Crippen molar-refractivity contribution in [2.45, 2.75) is 13.8 Å². The molecule has 0 saturated heterocycles. The van der Waals surface area contributed by atoms with Crippen molar-refractivity contribution in [3.05, 3.63) is 90.8 Å². The highest BCUT2D eigenvalue weighted by Gasteiger charge is 2.05. The van der Waals surface area contributed by atoms with Crippen molar-refractivity contribution in [3.63, 3.8) is 0 Å². The number of nitrogens with zero attached hydrogens (tertiary/aromatic N) is 2. The molecule has 0 saturated carbocycles. The van der Waals surface area contributed by atoms with E-state index in [2.05, 4.69) is 22.6 Å². The van der Waals surface area contributed by atoms with Crippen molar-refractivity contribution in [3.8, 4) is 11.4 Å². The Balaban J connectivity index is 1.53. The van der Waals surface area contributed by atoms with E-state index in [1.165, 1.54) is 0 Å². The Hall–Kier alpha value is -3.60. The summed E-state index contributed by atoms with van der Waals surface area (Å²) in [4.78, 5) is 12.1. The van der Waals surface area contributed by atoms with Crippen LogP contribution in [0.1, 0.15) is 19.4 Å². The average Bonchev–Trinajstić information content (AvgIpc) is 3.26. The minimum Gasteiger partial charge on any atom is -0.484 e. The lowest BCUT2D eigenvalue weighted by atomic mass is 10.0. The highest BCUT2D eigenvalue weighted by molar-refractivity contribution is 5.92. The molecule has 0 aliphatic rings. The quantitative estimate of drug-likeness (QED) is 0.601. The van der Waals surface area contributed by atoms with Gasteiger partial charge in [-0.2, -0.15) is 5.10 Å². The van der Waals surface area contributed by atoms with Gasteiger partial charge in [0.25, 0.3) is 5.91 Å². The second-order valence-electron chi connectivity index (χ2n) is 6.10. The predicted octanol–water partition coefficient (Wildman–Crippen LogP) is 4.87. The summed E-state index contributed by atoms with van der Waals surface area (Å²) in [7, 11) is 0. The minimum absolute atomic E-state index is 0.0540. The maximum Gasteiger partial charge on any atom is 0.262 e. The monoisotopic (exact) mass is 373 g/mol. The van der Waals surface area contributed by atoms with E-state index in [9.17, 15) is 4.79 Å². The topological polar surface area (TPSA) is 56.1 Å². The number of rotatable bonds is 7. The fourth-order valence-corrected chi connectivity index (χ4v) is 2.75. The van der Waals surface area contributed by atoms with Gasteiger partial charge in [-0.1, -0.05) is 30.4 Å². The summed E-state index contributed by atoms with van der Waals surface area (Å²) in [6, 6.07) is 17.0.